The Labute approximate surface area is 182 Å². The first kappa shape index (κ1) is 19.8. The number of hydrogen-bond donors (Lipinski definition) is 1. The third kappa shape index (κ3) is 3.96. The quantitative estimate of drug-likeness (QED) is 0.535. The summed E-state index contributed by atoms with van der Waals surface area (Å²) in [6, 6.07) is 7.68. The minimum atomic E-state index is -0.229. The van der Waals surface area contributed by atoms with Crippen LogP contribution in [0.15, 0.2) is 40.6 Å². The highest BCUT2D eigenvalue weighted by molar-refractivity contribution is 7.17. The predicted octanol–water partition coefficient (Wildman–Crippen LogP) is 3.30. The number of nitrogens with one attached hydrogen (secondary N) is 1. The topological polar surface area (TPSA) is 88.2 Å². The zero-order chi connectivity index (χ0) is 21.4. The van der Waals surface area contributed by atoms with E-state index in [0.717, 1.165) is 27.6 Å². The summed E-state index contributed by atoms with van der Waals surface area (Å²) in [7, 11) is 0. The molecule has 7 nitrogen and oxygen atoms in total. The molecule has 0 unspecified atom stereocenters. The summed E-state index contributed by atoms with van der Waals surface area (Å²) in [5.74, 6) is 0.501. The van der Waals surface area contributed by atoms with Gasteiger partial charge in [-0.3, -0.25) is 14.6 Å². The van der Waals surface area contributed by atoms with Crippen molar-refractivity contribution in [1.29, 1.82) is 0 Å². The van der Waals surface area contributed by atoms with Crippen LogP contribution in [0.1, 0.15) is 17.5 Å². The van der Waals surface area contributed by atoms with Crippen LogP contribution in [0.5, 0.6) is 0 Å². The van der Waals surface area contributed by atoms with Gasteiger partial charge in [-0.2, -0.15) is 0 Å². The van der Waals surface area contributed by atoms with E-state index in [4.69, 9.17) is 9.72 Å². The van der Waals surface area contributed by atoms with Gasteiger partial charge in [-0.05, 0) is 53.4 Å². The number of carbonyl (C=O) groups excluding carboxylic acids is 1. The molecule has 31 heavy (non-hydrogen) atoms. The number of carbonyl (C=O) groups is 1. The molecule has 0 radical (unpaired) electrons. The number of thiophene rings is 1. The Hall–Kier alpha value is -3.10. The van der Waals surface area contributed by atoms with Gasteiger partial charge in [0, 0.05) is 25.9 Å². The first-order valence-corrected chi connectivity index (χ1v) is 11.2. The Kier molecular flexibility index (Phi) is 5.25. The molecule has 1 aliphatic rings. The molecule has 1 aromatic carbocycles. The van der Waals surface area contributed by atoms with E-state index in [2.05, 4.69) is 9.97 Å². The molecule has 0 saturated carbocycles. The van der Waals surface area contributed by atoms with Gasteiger partial charge in [-0.15, -0.1) is 11.3 Å². The molecule has 1 N–H and O–H groups in total. The summed E-state index contributed by atoms with van der Waals surface area (Å²) in [5, 5.41) is 3.57. The average molecular weight is 435 g/mol. The molecular formula is C23H22N4O3S. The minimum Gasteiger partial charge on any atom is -0.380 e. The number of hydrogen-bond acceptors (Lipinski definition) is 6. The smallest absolute Gasteiger partial charge is 0.259 e. The molecule has 0 aliphatic carbocycles. The number of aryl methyl sites for hydroxylation is 1. The van der Waals surface area contributed by atoms with Crippen LogP contribution in [-0.2, 0) is 16.0 Å². The first-order chi connectivity index (χ1) is 15.1. The second kappa shape index (κ2) is 8.20. The second-order valence-corrected chi connectivity index (χ2v) is 8.72. The lowest BCUT2D eigenvalue weighted by molar-refractivity contribution is -0.130. The number of nitrogens with zero attached hydrogens (tertiary/aromatic N) is 3. The molecule has 1 saturated heterocycles. The predicted molar refractivity (Wildman–Crippen MR) is 121 cm³/mol. The van der Waals surface area contributed by atoms with E-state index in [-0.39, 0.29) is 17.9 Å². The van der Waals surface area contributed by atoms with E-state index >= 15 is 0 Å². The Morgan fingerprint density at radius 3 is 3.06 bits per heavy atom. The molecule has 8 heteroatoms. The molecule has 4 aromatic rings. The SMILES string of the molecule is Cc1cc(CC(=O)N2CCCOCC2)cc2c(=O)[nH]c(-c3cc4ccsc4cn3)nc12. The molecule has 4 heterocycles. The zero-order valence-corrected chi connectivity index (χ0v) is 18.0. The number of rotatable bonds is 3. The van der Waals surface area contributed by atoms with E-state index in [1.54, 1.807) is 23.6 Å². The van der Waals surface area contributed by atoms with Crippen molar-refractivity contribution in [3.05, 3.63) is 57.3 Å². The summed E-state index contributed by atoms with van der Waals surface area (Å²) in [6.45, 7) is 4.50. The van der Waals surface area contributed by atoms with Gasteiger partial charge >= 0.3 is 0 Å². The highest BCUT2D eigenvalue weighted by Gasteiger charge is 2.18. The van der Waals surface area contributed by atoms with E-state index in [1.165, 1.54) is 0 Å². The fraction of sp³-hybridized carbons (Fsp3) is 0.304. The van der Waals surface area contributed by atoms with Crippen LogP contribution >= 0.6 is 11.3 Å². The number of fused-ring (bicyclic) bond motifs is 2. The third-order valence-corrected chi connectivity index (χ3v) is 6.44. The number of pyridine rings is 1. The Morgan fingerprint density at radius 1 is 1.26 bits per heavy atom. The van der Waals surface area contributed by atoms with Crippen LogP contribution in [0.4, 0.5) is 0 Å². The van der Waals surface area contributed by atoms with Gasteiger partial charge in [0.2, 0.25) is 5.91 Å². The monoisotopic (exact) mass is 434 g/mol. The molecule has 158 valence electrons. The van der Waals surface area contributed by atoms with Crippen molar-refractivity contribution in [3.8, 4) is 11.5 Å². The molecule has 0 spiro atoms. The molecule has 3 aromatic heterocycles. The van der Waals surface area contributed by atoms with Crippen molar-refractivity contribution < 1.29 is 9.53 Å². The summed E-state index contributed by atoms with van der Waals surface area (Å²) < 4.78 is 6.52. The number of aromatic amines is 1. The van der Waals surface area contributed by atoms with E-state index < -0.39 is 0 Å². The maximum Gasteiger partial charge on any atom is 0.259 e. The number of H-pyrrole nitrogens is 1. The van der Waals surface area contributed by atoms with Crippen LogP contribution < -0.4 is 5.56 Å². The largest absolute Gasteiger partial charge is 0.380 e. The van der Waals surface area contributed by atoms with Gasteiger partial charge in [-0.25, -0.2) is 4.98 Å². The van der Waals surface area contributed by atoms with E-state index in [1.807, 2.05) is 35.4 Å². The summed E-state index contributed by atoms with van der Waals surface area (Å²) >= 11 is 1.62. The van der Waals surface area contributed by atoms with Crippen LogP contribution in [0.25, 0.3) is 32.5 Å². The number of benzene rings is 1. The highest BCUT2D eigenvalue weighted by Crippen LogP contribution is 2.25. The summed E-state index contributed by atoms with van der Waals surface area (Å²) in [6.07, 6.45) is 2.91. The normalized spacial score (nSPS) is 14.8. The highest BCUT2D eigenvalue weighted by atomic mass is 32.1. The Balaban J connectivity index is 1.48. The Morgan fingerprint density at radius 2 is 2.16 bits per heavy atom. The fourth-order valence-corrected chi connectivity index (χ4v) is 4.73. The molecule has 1 fully saturated rings. The van der Waals surface area contributed by atoms with Crippen molar-refractivity contribution in [2.24, 2.45) is 0 Å². The zero-order valence-electron chi connectivity index (χ0n) is 17.2. The standard InChI is InChI=1S/C23H22N4O3S/c1-14-9-15(11-20(28)27-4-2-6-30-7-5-27)10-17-21(14)25-22(26-23(17)29)18-12-16-3-8-31-19(16)13-24-18/h3,8-10,12-13H,2,4-7,11H2,1H3,(H,25,26,29). The molecule has 1 aliphatic heterocycles. The maximum absolute atomic E-state index is 12.9. The van der Waals surface area contributed by atoms with E-state index in [9.17, 15) is 9.59 Å². The lowest BCUT2D eigenvalue weighted by atomic mass is 10.0. The minimum absolute atomic E-state index is 0.0542. The van der Waals surface area contributed by atoms with Crippen molar-refractivity contribution in [2.45, 2.75) is 19.8 Å². The van der Waals surface area contributed by atoms with Crippen molar-refractivity contribution in [2.75, 3.05) is 26.3 Å². The lowest BCUT2D eigenvalue weighted by Gasteiger charge is -2.19. The number of aromatic nitrogens is 3. The van der Waals surface area contributed by atoms with Gasteiger partial charge in [0.1, 0.15) is 5.69 Å². The summed E-state index contributed by atoms with van der Waals surface area (Å²) in [4.78, 5) is 39.5. The van der Waals surface area contributed by atoms with Crippen molar-refractivity contribution in [3.63, 3.8) is 0 Å². The van der Waals surface area contributed by atoms with Gasteiger partial charge < -0.3 is 14.6 Å². The molecule has 0 atom stereocenters. The van der Waals surface area contributed by atoms with Crippen LogP contribution in [0.2, 0.25) is 0 Å². The van der Waals surface area contributed by atoms with Crippen molar-refractivity contribution in [1.82, 2.24) is 19.9 Å². The molecule has 0 bridgehead atoms. The average Bonchev–Trinajstić information content (AvgIpc) is 3.05. The number of ether oxygens (including phenoxy) is 1. The molecule has 1 amide bonds. The first-order valence-electron chi connectivity index (χ1n) is 10.3. The van der Waals surface area contributed by atoms with Crippen LogP contribution in [-0.4, -0.2) is 52.1 Å². The van der Waals surface area contributed by atoms with Gasteiger partial charge in [0.05, 0.1) is 28.6 Å². The van der Waals surface area contributed by atoms with Gasteiger partial charge in [0.25, 0.3) is 5.56 Å². The van der Waals surface area contributed by atoms with Gasteiger partial charge in [0.15, 0.2) is 5.82 Å². The maximum atomic E-state index is 12.9. The summed E-state index contributed by atoms with van der Waals surface area (Å²) in [5.41, 5.74) is 2.71. The molecular weight excluding hydrogens is 412 g/mol. The fourth-order valence-electron chi connectivity index (χ4n) is 3.99. The van der Waals surface area contributed by atoms with Crippen LogP contribution in [0.3, 0.4) is 0 Å². The van der Waals surface area contributed by atoms with Crippen LogP contribution in [0, 0.1) is 6.92 Å². The third-order valence-electron chi connectivity index (χ3n) is 5.57. The van der Waals surface area contributed by atoms with Gasteiger partial charge in [-0.1, -0.05) is 6.07 Å². The van der Waals surface area contributed by atoms with E-state index in [0.29, 0.717) is 48.7 Å². The lowest BCUT2D eigenvalue weighted by Crippen LogP contribution is -2.34. The molecule has 5 rings (SSSR count). The second-order valence-electron chi connectivity index (χ2n) is 7.77. The number of amides is 1. The Bertz CT molecular complexity index is 1340. The van der Waals surface area contributed by atoms with Crippen molar-refractivity contribution >= 4 is 38.2 Å².